The first-order valence-electron chi connectivity index (χ1n) is 8.63. The highest BCUT2D eigenvalue weighted by Crippen LogP contribution is 2.20. The molecule has 3 rings (SSSR count). The number of ether oxygens (including phenoxy) is 1. The van der Waals surface area contributed by atoms with E-state index in [1.165, 1.54) is 0 Å². The fraction of sp³-hybridized carbons (Fsp3) is 0.368. The molecule has 1 aliphatic heterocycles. The number of carbonyl (C=O) groups excluding carboxylic acids is 2. The molecule has 2 N–H and O–H groups in total. The van der Waals surface area contributed by atoms with Gasteiger partial charge in [0.25, 0.3) is 0 Å². The summed E-state index contributed by atoms with van der Waals surface area (Å²) in [6.07, 6.45) is 2.09. The minimum atomic E-state index is -0.352. The van der Waals surface area contributed by atoms with E-state index in [0.717, 1.165) is 42.5 Å². The largest absolute Gasteiger partial charge is 0.492 e. The van der Waals surface area contributed by atoms with Gasteiger partial charge in [0, 0.05) is 13.1 Å². The van der Waals surface area contributed by atoms with E-state index in [-0.39, 0.29) is 18.5 Å². The molecular formula is C19H23N3O3. The van der Waals surface area contributed by atoms with Gasteiger partial charge >= 0.3 is 6.03 Å². The van der Waals surface area contributed by atoms with Crippen molar-refractivity contribution in [1.29, 1.82) is 0 Å². The molecule has 0 radical (unpaired) electrons. The maximum Gasteiger partial charge on any atom is 0.315 e. The molecule has 0 bridgehead atoms. The molecule has 1 aliphatic rings. The normalized spacial score (nSPS) is 13.7. The minimum Gasteiger partial charge on any atom is -0.492 e. The molecule has 2 aromatic rings. The summed E-state index contributed by atoms with van der Waals surface area (Å²) in [6, 6.07) is 13.6. The third-order valence-electron chi connectivity index (χ3n) is 4.24. The van der Waals surface area contributed by atoms with Gasteiger partial charge in [-0.15, -0.1) is 0 Å². The highest BCUT2D eigenvalue weighted by Gasteiger charge is 2.17. The van der Waals surface area contributed by atoms with Gasteiger partial charge in [-0.2, -0.15) is 0 Å². The molecule has 0 atom stereocenters. The van der Waals surface area contributed by atoms with Gasteiger partial charge in [0.1, 0.15) is 12.4 Å². The van der Waals surface area contributed by atoms with Crippen molar-refractivity contribution in [2.75, 3.05) is 32.8 Å². The lowest BCUT2D eigenvalue weighted by Crippen LogP contribution is -2.43. The highest BCUT2D eigenvalue weighted by atomic mass is 16.5. The fourth-order valence-corrected chi connectivity index (χ4v) is 2.89. The molecular weight excluding hydrogens is 318 g/mol. The van der Waals surface area contributed by atoms with Gasteiger partial charge in [0.2, 0.25) is 5.91 Å². The number of hydrogen-bond acceptors (Lipinski definition) is 3. The van der Waals surface area contributed by atoms with Crippen molar-refractivity contribution in [3.05, 3.63) is 42.5 Å². The van der Waals surface area contributed by atoms with Crippen LogP contribution in [-0.2, 0) is 4.79 Å². The number of likely N-dealkylation sites (tertiary alicyclic amines) is 1. The molecule has 1 fully saturated rings. The van der Waals surface area contributed by atoms with Crippen molar-refractivity contribution < 1.29 is 14.3 Å². The van der Waals surface area contributed by atoms with Gasteiger partial charge in [-0.1, -0.05) is 30.3 Å². The van der Waals surface area contributed by atoms with Crippen molar-refractivity contribution in [1.82, 2.24) is 15.5 Å². The summed E-state index contributed by atoms with van der Waals surface area (Å²) in [6.45, 7) is 2.36. The molecule has 2 aromatic carbocycles. The maximum absolute atomic E-state index is 11.8. The number of hydrogen-bond donors (Lipinski definition) is 2. The molecule has 0 spiro atoms. The Morgan fingerprint density at radius 1 is 1.00 bits per heavy atom. The summed E-state index contributed by atoms with van der Waals surface area (Å²) in [5.41, 5.74) is 0. The van der Waals surface area contributed by atoms with E-state index in [1.807, 2.05) is 36.4 Å². The molecule has 25 heavy (non-hydrogen) atoms. The first-order chi connectivity index (χ1) is 12.2. The van der Waals surface area contributed by atoms with Crippen molar-refractivity contribution in [2.45, 2.75) is 12.8 Å². The third-order valence-corrected chi connectivity index (χ3v) is 4.24. The van der Waals surface area contributed by atoms with E-state index in [2.05, 4.69) is 16.7 Å². The fourth-order valence-electron chi connectivity index (χ4n) is 2.89. The molecule has 132 valence electrons. The van der Waals surface area contributed by atoms with Crippen LogP contribution in [0, 0.1) is 0 Å². The lowest BCUT2D eigenvalue weighted by Gasteiger charge is -2.15. The number of urea groups is 1. The Kier molecular flexibility index (Phi) is 5.72. The number of rotatable bonds is 6. The van der Waals surface area contributed by atoms with Crippen molar-refractivity contribution in [2.24, 2.45) is 0 Å². The zero-order valence-electron chi connectivity index (χ0n) is 14.2. The second kappa shape index (κ2) is 8.37. The van der Waals surface area contributed by atoms with Crippen LogP contribution in [0.4, 0.5) is 4.79 Å². The average Bonchev–Trinajstić information content (AvgIpc) is 3.18. The van der Waals surface area contributed by atoms with E-state index < -0.39 is 0 Å². The number of benzene rings is 2. The standard InChI is InChI=1S/C19H23N3O3/c23-18(22-10-3-4-11-22)14-21-19(24)20-9-12-25-17-8-7-15-5-1-2-6-16(15)13-17/h1-2,5-8,13H,3-4,9-12,14H2,(H2,20,21,24). The number of amides is 3. The number of carbonyl (C=O) groups is 2. The average molecular weight is 341 g/mol. The predicted molar refractivity (Wildman–Crippen MR) is 96.7 cm³/mol. The monoisotopic (exact) mass is 341 g/mol. The lowest BCUT2D eigenvalue weighted by atomic mass is 10.1. The first-order valence-corrected chi connectivity index (χ1v) is 8.63. The lowest BCUT2D eigenvalue weighted by molar-refractivity contribution is -0.128. The highest BCUT2D eigenvalue weighted by molar-refractivity contribution is 5.84. The third kappa shape index (κ3) is 4.86. The second-order valence-corrected chi connectivity index (χ2v) is 6.05. The first kappa shape index (κ1) is 17.1. The summed E-state index contributed by atoms with van der Waals surface area (Å²) in [5, 5.41) is 7.55. The zero-order valence-corrected chi connectivity index (χ0v) is 14.2. The molecule has 1 heterocycles. The molecule has 6 heteroatoms. The smallest absolute Gasteiger partial charge is 0.315 e. The molecule has 1 saturated heterocycles. The van der Waals surface area contributed by atoms with Gasteiger partial charge in [0.15, 0.2) is 0 Å². The van der Waals surface area contributed by atoms with Gasteiger partial charge in [-0.3, -0.25) is 4.79 Å². The van der Waals surface area contributed by atoms with E-state index in [4.69, 9.17) is 4.74 Å². The van der Waals surface area contributed by atoms with Crippen LogP contribution in [0.25, 0.3) is 10.8 Å². The van der Waals surface area contributed by atoms with E-state index >= 15 is 0 Å². The molecule has 0 aromatic heterocycles. The Labute approximate surface area is 147 Å². The van der Waals surface area contributed by atoms with E-state index in [1.54, 1.807) is 4.90 Å². The SMILES string of the molecule is O=C(NCCOc1ccc2ccccc2c1)NCC(=O)N1CCCC1. The van der Waals surface area contributed by atoms with E-state index in [9.17, 15) is 9.59 Å². The molecule has 0 aliphatic carbocycles. The number of nitrogens with one attached hydrogen (secondary N) is 2. The molecule has 0 unspecified atom stereocenters. The van der Waals surface area contributed by atoms with Crippen LogP contribution < -0.4 is 15.4 Å². The number of nitrogens with zero attached hydrogens (tertiary/aromatic N) is 1. The summed E-state index contributed by atoms with van der Waals surface area (Å²) >= 11 is 0. The Bertz CT molecular complexity index is 742. The van der Waals surface area contributed by atoms with Gasteiger partial charge in [-0.25, -0.2) is 4.79 Å². The van der Waals surface area contributed by atoms with Gasteiger partial charge < -0.3 is 20.3 Å². The Morgan fingerprint density at radius 3 is 2.56 bits per heavy atom. The quantitative estimate of drug-likeness (QED) is 0.791. The van der Waals surface area contributed by atoms with Crippen LogP contribution in [0.1, 0.15) is 12.8 Å². The van der Waals surface area contributed by atoms with Crippen LogP contribution in [-0.4, -0.2) is 49.6 Å². The van der Waals surface area contributed by atoms with Crippen LogP contribution in [0.15, 0.2) is 42.5 Å². The van der Waals surface area contributed by atoms with Gasteiger partial charge in [0.05, 0.1) is 13.1 Å². The topological polar surface area (TPSA) is 70.7 Å². The summed E-state index contributed by atoms with van der Waals surface area (Å²) in [5.74, 6) is 0.741. The number of fused-ring (bicyclic) bond motifs is 1. The molecule has 3 amide bonds. The minimum absolute atomic E-state index is 0.0277. The Morgan fingerprint density at radius 2 is 1.76 bits per heavy atom. The van der Waals surface area contributed by atoms with E-state index in [0.29, 0.717) is 13.2 Å². The summed E-state index contributed by atoms with van der Waals surface area (Å²) in [7, 11) is 0. The Balaban J connectivity index is 1.34. The van der Waals surface area contributed by atoms with Crippen LogP contribution >= 0.6 is 0 Å². The second-order valence-electron chi connectivity index (χ2n) is 6.05. The summed E-state index contributed by atoms with van der Waals surface area (Å²) < 4.78 is 5.65. The summed E-state index contributed by atoms with van der Waals surface area (Å²) in [4.78, 5) is 25.3. The van der Waals surface area contributed by atoms with Crippen LogP contribution in [0.2, 0.25) is 0 Å². The predicted octanol–water partition coefficient (Wildman–Crippen LogP) is 2.14. The van der Waals surface area contributed by atoms with Crippen molar-refractivity contribution in [3.8, 4) is 5.75 Å². The molecule has 0 saturated carbocycles. The van der Waals surface area contributed by atoms with Crippen LogP contribution in [0.3, 0.4) is 0 Å². The van der Waals surface area contributed by atoms with Crippen LogP contribution in [0.5, 0.6) is 5.75 Å². The zero-order chi connectivity index (χ0) is 17.5. The van der Waals surface area contributed by atoms with Crippen molar-refractivity contribution >= 4 is 22.7 Å². The van der Waals surface area contributed by atoms with Crippen molar-refractivity contribution in [3.63, 3.8) is 0 Å². The Hall–Kier alpha value is -2.76. The maximum atomic E-state index is 11.8. The van der Waals surface area contributed by atoms with Gasteiger partial charge in [-0.05, 0) is 35.7 Å². The molecule has 6 nitrogen and oxygen atoms in total.